The maximum atomic E-state index is 8.60. The van der Waals surface area contributed by atoms with E-state index in [1.165, 1.54) is 0 Å². The number of halogens is 1. The van der Waals surface area contributed by atoms with Crippen LogP contribution in [0, 0.1) is 5.92 Å². The maximum absolute atomic E-state index is 8.60. The zero-order valence-corrected chi connectivity index (χ0v) is 13.4. The number of nitrogens with zero attached hydrogens (tertiary/aromatic N) is 1. The van der Waals surface area contributed by atoms with Crippen molar-refractivity contribution in [2.24, 2.45) is 16.6 Å². The van der Waals surface area contributed by atoms with Crippen LogP contribution in [0.4, 0.5) is 0 Å². The van der Waals surface area contributed by atoms with Crippen LogP contribution in [0.25, 0.3) is 0 Å². The number of aliphatic hydroxyl groups excluding tert-OH is 1. The summed E-state index contributed by atoms with van der Waals surface area (Å²) < 4.78 is 0. The minimum Gasteiger partial charge on any atom is -0.396 e. The molecule has 0 rings (SSSR count). The summed E-state index contributed by atoms with van der Waals surface area (Å²) in [6.07, 6.45) is 5.25. The lowest BCUT2D eigenvalue weighted by atomic mass is 10.1. The maximum Gasteiger partial charge on any atom is 0.188 e. The molecule has 0 bridgehead atoms. The molecule has 0 saturated heterocycles. The van der Waals surface area contributed by atoms with Crippen molar-refractivity contribution in [2.45, 2.75) is 46.0 Å². The van der Waals surface area contributed by atoms with Crippen molar-refractivity contribution in [2.75, 3.05) is 19.7 Å². The third-order valence-electron chi connectivity index (χ3n) is 2.38. The van der Waals surface area contributed by atoms with Crippen LogP contribution >= 0.6 is 24.0 Å². The molecule has 0 aromatic carbocycles. The molecular weight excluding hydrogens is 329 g/mol. The molecule has 0 heterocycles. The fourth-order valence-corrected chi connectivity index (χ4v) is 1.32. The number of rotatable bonds is 9. The van der Waals surface area contributed by atoms with Gasteiger partial charge < -0.3 is 16.2 Å². The van der Waals surface area contributed by atoms with E-state index in [9.17, 15) is 0 Å². The summed E-state index contributed by atoms with van der Waals surface area (Å²) in [5, 5.41) is 11.7. The van der Waals surface area contributed by atoms with Crippen LogP contribution in [0.5, 0.6) is 0 Å². The van der Waals surface area contributed by atoms with Gasteiger partial charge >= 0.3 is 0 Å². The minimum atomic E-state index is 0. The molecule has 0 saturated carbocycles. The van der Waals surface area contributed by atoms with E-state index >= 15 is 0 Å². The molecule has 0 fully saturated rings. The van der Waals surface area contributed by atoms with Crippen LogP contribution in [-0.4, -0.2) is 30.8 Å². The number of aliphatic hydroxyl groups is 1. The van der Waals surface area contributed by atoms with E-state index in [-0.39, 0.29) is 24.0 Å². The first-order valence-electron chi connectivity index (χ1n) is 6.31. The van der Waals surface area contributed by atoms with Gasteiger partial charge in [0.1, 0.15) is 0 Å². The Bertz CT molecular complexity index is 187. The van der Waals surface area contributed by atoms with Crippen molar-refractivity contribution in [1.29, 1.82) is 0 Å². The fraction of sp³-hybridized carbons (Fsp3) is 0.917. The number of nitrogens with two attached hydrogens (primary N) is 1. The van der Waals surface area contributed by atoms with Crippen molar-refractivity contribution in [3.8, 4) is 0 Å². The van der Waals surface area contributed by atoms with Gasteiger partial charge in [0.2, 0.25) is 0 Å². The van der Waals surface area contributed by atoms with Gasteiger partial charge in [0.25, 0.3) is 0 Å². The van der Waals surface area contributed by atoms with E-state index in [4.69, 9.17) is 10.8 Å². The molecule has 104 valence electrons. The predicted molar refractivity (Wildman–Crippen MR) is 84.9 cm³/mol. The highest BCUT2D eigenvalue weighted by Crippen LogP contribution is 1.99. The molecule has 0 aromatic heterocycles. The molecule has 0 radical (unpaired) electrons. The van der Waals surface area contributed by atoms with Gasteiger partial charge in [-0.25, -0.2) is 0 Å². The van der Waals surface area contributed by atoms with E-state index in [0.717, 1.165) is 45.2 Å². The van der Waals surface area contributed by atoms with E-state index in [0.29, 0.717) is 18.5 Å². The average molecular weight is 357 g/mol. The summed E-state index contributed by atoms with van der Waals surface area (Å²) in [6.45, 7) is 6.36. The topological polar surface area (TPSA) is 70.6 Å². The average Bonchev–Trinajstić information content (AvgIpc) is 2.22. The summed E-state index contributed by atoms with van der Waals surface area (Å²) in [4.78, 5) is 4.24. The Morgan fingerprint density at radius 2 is 1.88 bits per heavy atom. The molecule has 0 unspecified atom stereocenters. The number of unbranched alkanes of at least 4 members (excludes halogenated alkanes) is 3. The van der Waals surface area contributed by atoms with E-state index in [1.54, 1.807) is 0 Å². The van der Waals surface area contributed by atoms with Gasteiger partial charge in [-0.05, 0) is 25.2 Å². The molecule has 0 aliphatic carbocycles. The fourth-order valence-electron chi connectivity index (χ4n) is 1.32. The predicted octanol–water partition coefficient (Wildman–Crippen LogP) is 2.11. The largest absolute Gasteiger partial charge is 0.396 e. The molecule has 4 nitrogen and oxygen atoms in total. The van der Waals surface area contributed by atoms with Gasteiger partial charge in [0.05, 0.1) is 0 Å². The number of hydrogen-bond donors (Lipinski definition) is 3. The SMILES string of the molecule is CC(C)CCNC(N)=NCCCCCCO.I. The van der Waals surface area contributed by atoms with Crippen molar-refractivity contribution in [3.63, 3.8) is 0 Å². The molecule has 0 amide bonds. The Kier molecular flexibility index (Phi) is 15.9. The minimum absolute atomic E-state index is 0. The monoisotopic (exact) mass is 357 g/mol. The Morgan fingerprint density at radius 3 is 2.47 bits per heavy atom. The molecule has 5 heteroatoms. The highest BCUT2D eigenvalue weighted by molar-refractivity contribution is 14.0. The molecule has 17 heavy (non-hydrogen) atoms. The number of guanidine groups is 1. The Balaban J connectivity index is 0. The highest BCUT2D eigenvalue weighted by Gasteiger charge is 1.94. The van der Waals surface area contributed by atoms with Crippen LogP contribution in [0.2, 0.25) is 0 Å². The second kappa shape index (κ2) is 14.0. The zero-order chi connectivity index (χ0) is 12.2. The Morgan fingerprint density at radius 1 is 1.24 bits per heavy atom. The van der Waals surface area contributed by atoms with Gasteiger partial charge in [0.15, 0.2) is 5.96 Å². The van der Waals surface area contributed by atoms with Crippen LogP contribution < -0.4 is 11.1 Å². The molecule has 0 aliphatic heterocycles. The first-order valence-corrected chi connectivity index (χ1v) is 6.31. The number of nitrogens with one attached hydrogen (secondary N) is 1. The van der Waals surface area contributed by atoms with Crippen molar-refractivity contribution in [3.05, 3.63) is 0 Å². The lowest BCUT2D eigenvalue weighted by Crippen LogP contribution is -2.33. The van der Waals surface area contributed by atoms with E-state index in [1.807, 2.05) is 0 Å². The van der Waals surface area contributed by atoms with Crippen molar-refractivity contribution >= 4 is 29.9 Å². The van der Waals surface area contributed by atoms with Crippen LogP contribution in [0.15, 0.2) is 4.99 Å². The quantitative estimate of drug-likeness (QED) is 0.256. The lowest BCUT2D eigenvalue weighted by Gasteiger charge is -2.07. The van der Waals surface area contributed by atoms with Crippen LogP contribution in [-0.2, 0) is 0 Å². The third kappa shape index (κ3) is 16.0. The lowest BCUT2D eigenvalue weighted by molar-refractivity contribution is 0.282. The summed E-state index contributed by atoms with van der Waals surface area (Å²) in [6, 6.07) is 0. The highest BCUT2D eigenvalue weighted by atomic mass is 127. The Labute approximate surface area is 122 Å². The standard InChI is InChI=1S/C12H27N3O.HI/c1-11(2)7-9-15-12(13)14-8-5-3-4-6-10-16;/h11,16H,3-10H2,1-2H3,(H3,13,14,15);1H. The van der Waals surface area contributed by atoms with Crippen molar-refractivity contribution < 1.29 is 5.11 Å². The molecular formula is C12H28IN3O. The molecule has 0 aliphatic rings. The first kappa shape index (κ1) is 19.3. The smallest absolute Gasteiger partial charge is 0.188 e. The van der Waals surface area contributed by atoms with E-state index in [2.05, 4.69) is 24.2 Å². The zero-order valence-electron chi connectivity index (χ0n) is 11.1. The molecule has 0 spiro atoms. The van der Waals surface area contributed by atoms with Crippen LogP contribution in [0.1, 0.15) is 46.0 Å². The molecule has 0 aromatic rings. The van der Waals surface area contributed by atoms with Crippen molar-refractivity contribution in [1.82, 2.24) is 5.32 Å². The van der Waals surface area contributed by atoms with E-state index < -0.39 is 0 Å². The Hall–Kier alpha value is -0.0400. The number of hydrogen-bond acceptors (Lipinski definition) is 2. The molecule has 4 N–H and O–H groups in total. The second-order valence-electron chi connectivity index (χ2n) is 4.51. The normalized spacial score (nSPS) is 11.4. The van der Waals surface area contributed by atoms with Gasteiger partial charge in [-0.1, -0.05) is 26.7 Å². The summed E-state index contributed by atoms with van der Waals surface area (Å²) in [7, 11) is 0. The van der Waals surface area contributed by atoms with Crippen LogP contribution in [0.3, 0.4) is 0 Å². The first-order chi connectivity index (χ1) is 7.66. The molecule has 0 atom stereocenters. The summed E-state index contributed by atoms with van der Waals surface area (Å²) >= 11 is 0. The summed E-state index contributed by atoms with van der Waals surface area (Å²) in [5.41, 5.74) is 5.70. The number of aliphatic imine (C=N–C) groups is 1. The van der Waals surface area contributed by atoms with Gasteiger partial charge in [-0.3, -0.25) is 4.99 Å². The van der Waals surface area contributed by atoms with Gasteiger partial charge in [-0.2, -0.15) is 0 Å². The third-order valence-corrected chi connectivity index (χ3v) is 2.38. The van der Waals surface area contributed by atoms with Gasteiger partial charge in [-0.15, -0.1) is 24.0 Å². The second-order valence-corrected chi connectivity index (χ2v) is 4.51. The van der Waals surface area contributed by atoms with Gasteiger partial charge in [0, 0.05) is 19.7 Å². The summed E-state index contributed by atoms with van der Waals surface area (Å²) in [5.74, 6) is 1.25.